The molecule has 0 aliphatic carbocycles. The SMILES string of the molecule is CCCc1cc2c(N3CCn4c(nnc4C(F)(F)F)C3)nc(N3CCCC3)nc2s1.NNC=O. The quantitative estimate of drug-likeness (QED) is 0.239. The van der Waals surface area contributed by atoms with Gasteiger partial charge in [-0.1, -0.05) is 13.3 Å². The van der Waals surface area contributed by atoms with Crippen LogP contribution < -0.4 is 21.1 Å². The summed E-state index contributed by atoms with van der Waals surface area (Å²) in [4.78, 5) is 25.0. The molecule has 0 unspecified atom stereocenters. The number of hydrazine groups is 1. The predicted molar refractivity (Wildman–Crippen MR) is 122 cm³/mol. The van der Waals surface area contributed by atoms with E-state index >= 15 is 0 Å². The van der Waals surface area contributed by atoms with E-state index < -0.39 is 12.0 Å². The average molecular weight is 498 g/mol. The van der Waals surface area contributed by atoms with Crippen molar-refractivity contribution in [2.45, 2.75) is 51.9 Å². The number of carbonyl (C=O) groups is 1. The first kappa shape index (κ1) is 24.1. The minimum atomic E-state index is -4.50. The zero-order chi connectivity index (χ0) is 24.3. The van der Waals surface area contributed by atoms with Gasteiger partial charge in [0.05, 0.1) is 11.9 Å². The van der Waals surface area contributed by atoms with Crippen LogP contribution in [0.15, 0.2) is 6.07 Å². The predicted octanol–water partition coefficient (Wildman–Crippen LogP) is 2.48. The normalized spacial score (nSPS) is 15.8. The smallest absolute Gasteiger partial charge is 0.347 e. The Labute approximate surface area is 197 Å². The topological polar surface area (TPSA) is 118 Å². The van der Waals surface area contributed by atoms with Gasteiger partial charge in [-0.05, 0) is 25.3 Å². The van der Waals surface area contributed by atoms with E-state index in [4.69, 9.17) is 14.8 Å². The lowest BCUT2D eigenvalue weighted by Gasteiger charge is -2.30. The Bertz CT molecular complexity index is 1140. The third-order valence-corrected chi connectivity index (χ3v) is 6.76. The summed E-state index contributed by atoms with van der Waals surface area (Å²) < 4.78 is 40.7. The van der Waals surface area contributed by atoms with Crippen LogP contribution >= 0.6 is 11.3 Å². The molecule has 5 heterocycles. The standard InChI is InChI=1S/C19H22F3N7S.CH4N2O/c1-2-5-12-10-13-15(23-18(24-16(13)30-12)27-6-3-4-7-27)28-8-9-29-14(11-28)25-26-17(29)19(20,21)22;2-3-1-4/h10H,2-9,11H2,1H3;1H,2H2,(H,3,4). The summed E-state index contributed by atoms with van der Waals surface area (Å²) in [6.07, 6.45) is 0.163. The lowest BCUT2D eigenvalue weighted by atomic mass is 10.2. The zero-order valence-corrected chi connectivity index (χ0v) is 19.5. The van der Waals surface area contributed by atoms with E-state index in [1.54, 1.807) is 16.8 Å². The fourth-order valence-corrected chi connectivity index (χ4v) is 5.28. The Kier molecular flexibility index (Phi) is 7.16. The molecule has 0 aromatic carbocycles. The summed E-state index contributed by atoms with van der Waals surface area (Å²) >= 11 is 1.68. The molecule has 34 heavy (non-hydrogen) atoms. The van der Waals surface area contributed by atoms with Gasteiger partial charge in [0.15, 0.2) is 5.82 Å². The Morgan fingerprint density at radius 2 is 1.88 bits per heavy atom. The number of amides is 1. The molecule has 3 aromatic heterocycles. The molecule has 0 radical (unpaired) electrons. The number of hydrogen-bond acceptors (Lipinski definition) is 9. The monoisotopic (exact) mass is 497 g/mol. The summed E-state index contributed by atoms with van der Waals surface area (Å²) in [5.74, 6) is 5.29. The van der Waals surface area contributed by atoms with Crippen LogP contribution in [-0.4, -0.2) is 50.8 Å². The molecule has 2 aliphatic rings. The first-order chi connectivity index (χ1) is 16.4. The molecular formula is C20H26F3N9OS. The van der Waals surface area contributed by atoms with E-state index in [0.29, 0.717) is 24.7 Å². The van der Waals surface area contributed by atoms with Gasteiger partial charge in [-0.15, -0.1) is 21.5 Å². The maximum atomic E-state index is 13.2. The molecule has 3 N–H and O–H groups in total. The summed E-state index contributed by atoms with van der Waals surface area (Å²) in [6, 6.07) is 2.13. The van der Waals surface area contributed by atoms with Gasteiger partial charge in [-0.3, -0.25) is 10.2 Å². The second kappa shape index (κ2) is 10.1. The minimum Gasteiger partial charge on any atom is -0.347 e. The second-order valence-corrected chi connectivity index (χ2v) is 9.13. The minimum absolute atomic E-state index is 0.174. The summed E-state index contributed by atoms with van der Waals surface area (Å²) in [5, 5.41) is 8.17. The van der Waals surface area contributed by atoms with Gasteiger partial charge in [0.25, 0.3) is 0 Å². The highest BCUT2D eigenvalue weighted by Gasteiger charge is 2.39. The van der Waals surface area contributed by atoms with Crippen LogP contribution in [0.1, 0.15) is 42.7 Å². The van der Waals surface area contributed by atoms with Gasteiger partial charge in [0.2, 0.25) is 18.2 Å². The van der Waals surface area contributed by atoms with E-state index in [9.17, 15) is 13.2 Å². The van der Waals surface area contributed by atoms with Crippen LogP contribution in [0.5, 0.6) is 0 Å². The van der Waals surface area contributed by atoms with Gasteiger partial charge in [-0.2, -0.15) is 18.2 Å². The number of anilines is 2. The number of fused-ring (bicyclic) bond motifs is 2. The molecule has 1 fully saturated rings. The van der Waals surface area contributed by atoms with Crippen LogP contribution in [0.25, 0.3) is 10.2 Å². The van der Waals surface area contributed by atoms with Gasteiger partial charge < -0.3 is 14.4 Å². The number of nitrogens with zero attached hydrogens (tertiary/aromatic N) is 7. The van der Waals surface area contributed by atoms with Crippen molar-refractivity contribution in [1.29, 1.82) is 0 Å². The highest BCUT2D eigenvalue weighted by Crippen LogP contribution is 2.36. The number of thiophene rings is 1. The van der Waals surface area contributed by atoms with Gasteiger partial charge in [0.1, 0.15) is 10.6 Å². The van der Waals surface area contributed by atoms with Gasteiger partial charge >= 0.3 is 6.18 Å². The number of aryl methyl sites for hydroxylation is 1. The highest BCUT2D eigenvalue weighted by atomic mass is 32.1. The number of rotatable bonds is 5. The van der Waals surface area contributed by atoms with Crippen molar-refractivity contribution in [3.05, 3.63) is 22.6 Å². The molecule has 10 nitrogen and oxygen atoms in total. The molecule has 1 saturated heterocycles. The van der Waals surface area contributed by atoms with Crippen molar-refractivity contribution in [3.8, 4) is 0 Å². The molecule has 0 atom stereocenters. The third kappa shape index (κ3) is 4.92. The van der Waals surface area contributed by atoms with Crippen LogP contribution in [-0.2, 0) is 30.5 Å². The molecule has 184 valence electrons. The zero-order valence-electron chi connectivity index (χ0n) is 18.7. The highest BCUT2D eigenvalue weighted by molar-refractivity contribution is 7.18. The van der Waals surface area contributed by atoms with Crippen LogP contribution in [0.4, 0.5) is 24.9 Å². The van der Waals surface area contributed by atoms with E-state index in [1.165, 1.54) is 9.44 Å². The Balaban J connectivity index is 0.000000636. The van der Waals surface area contributed by atoms with Crippen LogP contribution in [0.2, 0.25) is 0 Å². The second-order valence-electron chi connectivity index (χ2n) is 8.02. The molecule has 0 saturated carbocycles. The summed E-state index contributed by atoms with van der Waals surface area (Å²) in [6.45, 7) is 4.84. The number of nitrogens with one attached hydrogen (secondary N) is 1. The number of alkyl halides is 3. The van der Waals surface area contributed by atoms with Crippen LogP contribution in [0, 0.1) is 0 Å². The maximum Gasteiger partial charge on any atom is 0.451 e. The number of carbonyl (C=O) groups excluding carboxylic acids is 1. The molecule has 0 spiro atoms. The number of nitrogens with two attached hydrogens (primary N) is 1. The molecule has 1 amide bonds. The van der Waals surface area contributed by atoms with Crippen molar-refractivity contribution in [2.24, 2.45) is 5.84 Å². The van der Waals surface area contributed by atoms with Crippen molar-refractivity contribution in [1.82, 2.24) is 30.2 Å². The molecule has 2 aliphatic heterocycles. The molecule has 3 aromatic rings. The number of halogens is 3. The number of aromatic nitrogens is 5. The molecule has 14 heteroatoms. The number of hydrogen-bond donors (Lipinski definition) is 2. The Morgan fingerprint density at radius 1 is 1.15 bits per heavy atom. The molecule has 5 rings (SSSR count). The summed E-state index contributed by atoms with van der Waals surface area (Å²) in [7, 11) is 0. The van der Waals surface area contributed by atoms with E-state index in [1.807, 2.05) is 4.90 Å². The van der Waals surface area contributed by atoms with E-state index in [0.717, 1.165) is 54.8 Å². The maximum absolute atomic E-state index is 13.2. The summed E-state index contributed by atoms with van der Waals surface area (Å²) in [5.41, 5.74) is 1.75. The average Bonchev–Trinajstić information content (AvgIpc) is 3.56. The van der Waals surface area contributed by atoms with Crippen molar-refractivity contribution < 1.29 is 18.0 Å². The lowest BCUT2D eigenvalue weighted by molar-refractivity contribution is -0.147. The third-order valence-electron chi connectivity index (χ3n) is 5.67. The first-order valence-corrected chi connectivity index (χ1v) is 11.9. The Hall–Kier alpha value is -3.00. The molecule has 0 bridgehead atoms. The fraction of sp³-hybridized carbons (Fsp3) is 0.550. The van der Waals surface area contributed by atoms with Crippen molar-refractivity contribution in [2.75, 3.05) is 29.4 Å². The lowest BCUT2D eigenvalue weighted by Crippen LogP contribution is -2.36. The van der Waals surface area contributed by atoms with E-state index in [-0.39, 0.29) is 13.1 Å². The van der Waals surface area contributed by atoms with Crippen molar-refractivity contribution in [3.63, 3.8) is 0 Å². The largest absolute Gasteiger partial charge is 0.451 e. The fourth-order valence-electron chi connectivity index (χ4n) is 4.16. The first-order valence-electron chi connectivity index (χ1n) is 11.0. The van der Waals surface area contributed by atoms with Crippen molar-refractivity contribution >= 4 is 39.7 Å². The molecular weight excluding hydrogens is 471 g/mol. The van der Waals surface area contributed by atoms with Gasteiger partial charge in [-0.25, -0.2) is 10.8 Å². The van der Waals surface area contributed by atoms with Crippen LogP contribution in [0.3, 0.4) is 0 Å². The Morgan fingerprint density at radius 3 is 2.53 bits per heavy atom. The van der Waals surface area contributed by atoms with E-state index in [2.05, 4.69) is 33.9 Å². The van der Waals surface area contributed by atoms with Gasteiger partial charge in [0, 0.05) is 31.1 Å².